The number of unbranched alkanes of at least 4 members (excludes halogenated alkanes) is 1. The van der Waals surface area contributed by atoms with Crippen LogP contribution < -0.4 is 0 Å². The summed E-state index contributed by atoms with van der Waals surface area (Å²) >= 11 is 0. The highest BCUT2D eigenvalue weighted by atomic mass is 32.2. The van der Waals surface area contributed by atoms with Crippen molar-refractivity contribution in [3.05, 3.63) is 102 Å². The van der Waals surface area contributed by atoms with Crippen LogP contribution in [0.5, 0.6) is 0 Å². The van der Waals surface area contributed by atoms with Gasteiger partial charge in [0.1, 0.15) is 0 Å². The number of nitrogens with one attached hydrogen (secondary N) is 1. The maximum atomic E-state index is 13.7. The molecule has 0 aliphatic carbocycles. The Bertz CT molecular complexity index is 1540. The first-order valence-corrected chi connectivity index (χ1v) is 14.6. The number of carbonyl (C=O) groups is 1. The second-order valence-corrected chi connectivity index (χ2v) is 11.6. The molecule has 1 amide bonds. The number of para-hydroxylation sites is 1. The van der Waals surface area contributed by atoms with Crippen molar-refractivity contribution in [3.8, 4) is 0 Å². The summed E-state index contributed by atoms with van der Waals surface area (Å²) in [5, 5.41) is 1.05. The number of hydrogen-bond acceptors (Lipinski definition) is 3. The van der Waals surface area contributed by atoms with Gasteiger partial charge in [0.05, 0.1) is 17.0 Å². The van der Waals surface area contributed by atoms with E-state index in [1.165, 1.54) is 0 Å². The van der Waals surface area contributed by atoms with Gasteiger partial charge in [-0.3, -0.25) is 4.79 Å². The summed E-state index contributed by atoms with van der Waals surface area (Å²) < 4.78 is 67.9. The van der Waals surface area contributed by atoms with E-state index in [2.05, 4.69) is 4.98 Å². The molecule has 3 aromatic carbocycles. The van der Waals surface area contributed by atoms with Gasteiger partial charge in [0.2, 0.25) is 15.9 Å². The highest BCUT2D eigenvalue weighted by Crippen LogP contribution is 2.31. The number of carbonyl (C=O) groups excluding carboxylic acids is 1. The quantitative estimate of drug-likeness (QED) is 0.219. The molecule has 212 valence electrons. The molecule has 0 atom stereocenters. The smallest absolute Gasteiger partial charge is 0.361 e. The van der Waals surface area contributed by atoms with Crippen LogP contribution >= 0.6 is 0 Å². The summed E-state index contributed by atoms with van der Waals surface area (Å²) in [6, 6.07) is 20.9. The van der Waals surface area contributed by atoms with E-state index in [1.807, 2.05) is 67.7 Å². The molecule has 0 saturated heterocycles. The number of hydrogen-bond donors (Lipinski definition) is 1. The number of aromatic nitrogens is 1. The lowest BCUT2D eigenvalue weighted by atomic mass is 10.1. The Morgan fingerprint density at radius 1 is 0.925 bits per heavy atom. The Balaban J connectivity index is 1.59. The number of rotatable bonds is 12. The molecule has 0 saturated carbocycles. The van der Waals surface area contributed by atoms with Gasteiger partial charge in [-0.15, -0.1) is 0 Å². The number of halogens is 3. The van der Waals surface area contributed by atoms with Gasteiger partial charge in [0.25, 0.3) is 0 Å². The van der Waals surface area contributed by atoms with E-state index in [-0.39, 0.29) is 13.1 Å². The molecular formula is C30H32F3N3O3S. The lowest BCUT2D eigenvalue weighted by molar-refractivity contribution is -0.137. The predicted molar refractivity (Wildman–Crippen MR) is 149 cm³/mol. The van der Waals surface area contributed by atoms with Gasteiger partial charge in [-0.2, -0.15) is 17.5 Å². The zero-order valence-electron chi connectivity index (χ0n) is 22.2. The summed E-state index contributed by atoms with van der Waals surface area (Å²) in [7, 11) is -4.36. The van der Waals surface area contributed by atoms with E-state index in [9.17, 15) is 26.4 Å². The predicted octanol–water partition coefficient (Wildman–Crippen LogP) is 6.25. The summed E-state index contributed by atoms with van der Waals surface area (Å²) in [4.78, 5) is 18.0. The van der Waals surface area contributed by atoms with E-state index < -0.39 is 39.1 Å². The molecule has 0 bridgehead atoms. The third-order valence-corrected chi connectivity index (χ3v) is 8.61. The number of alkyl halides is 3. The van der Waals surface area contributed by atoms with Gasteiger partial charge >= 0.3 is 6.18 Å². The van der Waals surface area contributed by atoms with Gasteiger partial charge in [-0.1, -0.05) is 67.9 Å². The van der Waals surface area contributed by atoms with Crippen molar-refractivity contribution in [1.29, 1.82) is 0 Å². The fraction of sp³-hybridized carbons (Fsp3) is 0.300. The van der Waals surface area contributed by atoms with E-state index in [0.717, 1.165) is 44.5 Å². The fourth-order valence-corrected chi connectivity index (χ4v) is 6.02. The second-order valence-electron chi connectivity index (χ2n) is 9.63. The van der Waals surface area contributed by atoms with E-state index in [1.54, 1.807) is 4.90 Å². The lowest BCUT2D eigenvalue weighted by Gasteiger charge is -2.27. The Morgan fingerprint density at radius 2 is 1.65 bits per heavy atom. The number of H-pyrrole nitrogens is 1. The van der Waals surface area contributed by atoms with Crippen molar-refractivity contribution < 1.29 is 26.4 Å². The molecule has 0 aliphatic rings. The van der Waals surface area contributed by atoms with Crippen molar-refractivity contribution in [3.63, 3.8) is 0 Å². The summed E-state index contributed by atoms with van der Waals surface area (Å²) in [6.07, 6.45) is -1.14. The summed E-state index contributed by atoms with van der Waals surface area (Å²) in [5.74, 6) is -0.421. The van der Waals surface area contributed by atoms with E-state index in [4.69, 9.17) is 0 Å². The van der Waals surface area contributed by atoms with Gasteiger partial charge in [0.15, 0.2) is 0 Å². The normalized spacial score (nSPS) is 12.2. The number of nitrogens with zero attached hydrogens (tertiary/aromatic N) is 2. The van der Waals surface area contributed by atoms with Crippen LogP contribution in [0.2, 0.25) is 0 Å². The topological polar surface area (TPSA) is 73.5 Å². The molecule has 1 aromatic heterocycles. The minimum atomic E-state index is -4.69. The van der Waals surface area contributed by atoms with Crippen molar-refractivity contribution in [1.82, 2.24) is 14.2 Å². The minimum Gasteiger partial charge on any atom is -0.361 e. The largest absolute Gasteiger partial charge is 0.416 e. The molecule has 0 fully saturated rings. The van der Waals surface area contributed by atoms with Crippen LogP contribution in [0.15, 0.2) is 90.0 Å². The number of benzene rings is 3. The van der Waals surface area contributed by atoms with Crippen LogP contribution in [0.25, 0.3) is 10.9 Å². The molecule has 4 rings (SSSR count). The van der Waals surface area contributed by atoms with Crippen LogP contribution in [-0.2, 0) is 34.0 Å². The second kappa shape index (κ2) is 12.7. The van der Waals surface area contributed by atoms with Gasteiger partial charge in [-0.25, -0.2) is 8.42 Å². The number of sulfonamides is 1. The van der Waals surface area contributed by atoms with Crippen molar-refractivity contribution >= 4 is 26.8 Å². The zero-order valence-corrected chi connectivity index (χ0v) is 23.0. The molecular weight excluding hydrogens is 539 g/mol. The minimum absolute atomic E-state index is 0.0163. The first kappa shape index (κ1) is 29.4. The fourth-order valence-electron chi connectivity index (χ4n) is 4.54. The molecule has 1 heterocycles. The van der Waals surface area contributed by atoms with Gasteiger partial charge in [-0.05, 0) is 48.2 Å². The highest BCUT2D eigenvalue weighted by molar-refractivity contribution is 7.89. The first-order valence-electron chi connectivity index (χ1n) is 13.1. The Labute approximate surface area is 232 Å². The maximum absolute atomic E-state index is 13.7. The third kappa shape index (κ3) is 7.11. The summed E-state index contributed by atoms with van der Waals surface area (Å²) in [5.41, 5.74) is 1.84. The van der Waals surface area contributed by atoms with Crippen molar-refractivity contribution in [2.45, 2.75) is 43.8 Å². The number of aromatic amines is 1. The average Bonchev–Trinajstić information content (AvgIpc) is 3.36. The van der Waals surface area contributed by atoms with Crippen LogP contribution in [-0.4, -0.2) is 48.1 Å². The van der Waals surface area contributed by atoms with Gasteiger partial charge < -0.3 is 9.88 Å². The molecule has 0 unspecified atom stereocenters. The molecule has 4 aromatic rings. The lowest BCUT2D eigenvalue weighted by Crippen LogP contribution is -2.43. The van der Waals surface area contributed by atoms with Crippen molar-refractivity contribution in [2.24, 2.45) is 0 Å². The molecule has 40 heavy (non-hydrogen) atoms. The Hall–Kier alpha value is -3.63. The molecule has 6 nitrogen and oxygen atoms in total. The molecule has 0 spiro atoms. The molecule has 10 heteroatoms. The van der Waals surface area contributed by atoms with Crippen LogP contribution in [0.3, 0.4) is 0 Å². The SMILES string of the molecule is CCCCN(CC(=O)N(CCc1c[nH]c2ccccc12)Cc1ccccc1)S(=O)(=O)c1cccc(C(F)(F)F)c1. The van der Waals surface area contributed by atoms with Crippen molar-refractivity contribution in [2.75, 3.05) is 19.6 Å². The van der Waals surface area contributed by atoms with E-state index in [0.29, 0.717) is 31.9 Å². The summed E-state index contributed by atoms with van der Waals surface area (Å²) in [6.45, 7) is 2.02. The Kier molecular flexibility index (Phi) is 9.32. The average molecular weight is 572 g/mol. The number of fused-ring (bicyclic) bond motifs is 1. The maximum Gasteiger partial charge on any atom is 0.416 e. The molecule has 0 aliphatic heterocycles. The monoisotopic (exact) mass is 571 g/mol. The zero-order chi connectivity index (χ0) is 28.8. The highest BCUT2D eigenvalue weighted by Gasteiger charge is 2.34. The molecule has 0 radical (unpaired) electrons. The first-order chi connectivity index (χ1) is 19.1. The third-order valence-electron chi connectivity index (χ3n) is 6.77. The van der Waals surface area contributed by atoms with E-state index >= 15 is 0 Å². The molecule has 1 N–H and O–H groups in total. The van der Waals surface area contributed by atoms with Crippen LogP contribution in [0.1, 0.15) is 36.5 Å². The van der Waals surface area contributed by atoms with Crippen LogP contribution in [0, 0.1) is 0 Å². The Morgan fingerprint density at radius 3 is 2.38 bits per heavy atom. The van der Waals surface area contributed by atoms with Crippen LogP contribution in [0.4, 0.5) is 13.2 Å². The standard InChI is InChI=1S/C30H32F3N3O3S/c1-2-3-17-36(40(38,39)26-13-9-12-25(19-26)30(31,32)33)22-29(37)35(21-23-10-5-4-6-11-23)18-16-24-20-34-28-15-8-7-14-27(24)28/h4-15,19-20,34H,2-3,16-18,21-22H2,1H3. The van der Waals surface area contributed by atoms with Gasteiger partial charge in [0, 0.05) is 36.7 Å². The number of amides is 1.